The first-order valence-electron chi connectivity index (χ1n) is 5.01. The second-order valence-corrected chi connectivity index (χ2v) is 4.74. The fourth-order valence-electron chi connectivity index (χ4n) is 2.03. The summed E-state index contributed by atoms with van der Waals surface area (Å²) in [4.78, 5) is 12.1. The van der Waals surface area contributed by atoms with Gasteiger partial charge in [-0.25, -0.2) is 0 Å². The Morgan fingerprint density at radius 1 is 1.43 bits per heavy atom. The van der Waals surface area contributed by atoms with Crippen molar-refractivity contribution in [1.29, 1.82) is 0 Å². The van der Waals surface area contributed by atoms with Gasteiger partial charge in [0.1, 0.15) is 0 Å². The minimum absolute atomic E-state index is 0.208. The third-order valence-electron chi connectivity index (χ3n) is 3.24. The van der Waals surface area contributed by atoms with E-state index < -0.39 is 0 Å². The van der Waals surface area contributed by atoms with Gasteiger partial charge in [0.05, 0.1) is 11.3 Å². The number of nitrogens with zero attached hydrogens (tertiary/aromatic N) is 2. The molecule has 1 aliphatic rings. The molecule has 0 aromatic carbocycles. The van der Waals surface area contributed by atoms with E-state index >= 15 is 0 Å². The lowest BCUT2D eigenvalue weighted by Crippen LogP contribution is -2.30. The van der Waals surface area contributed by atoms with Crippen LogP contribution >= 0.6 is 0 Å². The van der Waals surface area contributed by atoms with Crippen LogP contribution in [0, 0.1) is 12.3 Å². The first-order chi connectivity index (χ1) is 6.43. The van der Waals surface area contributed by atoms with Crippen molar-refractivity contribution in [3.05, 3.63) is 17.0 Å². The third-order valence-corrected chi connectivity index (χ3v) is 3.24. The zero-order valence-electron chi connectivity index (χ0n) is 9.22. The van der Waals surface area contributed by atoms with E-state index in [1.807, 2.05) is 32.5 Å². The van der Waals surface area contributed by atoms with Crippen molar-refractivity contribution in [2.45, 2.75) is 33.6 Å². The lowest BCUT2D eigenvalue weighted by atomic mass is 9.75. The number of fused-ring (bicyclic) bond motifs is 1. The van der Waals surface area contributed by atoms with Gasteiger partial charge in [-0.05, 0) is 19.8 Å². The first-order valence-corrected chi connectivity index (χ1v) is 5.01. The Morgan fingerprint density at radius 2 is 2.07 bits per heavy atom. The molecule has 0 radical (unpaired) electrons. The molecular weight excluding hydrogens is 176 g/mol. The lowest BCUT2D eigenvalue weighted by Gasteiger charge is -2.27. The number of hydrogen-bond acceptors (Lipinski definition) is 2. The minimum Gasteiger partial charge on any atom is -0.293 e. The van der Waals surface area contributed by atoms with Gasteiger partial charge in [-0.15, -0.1) is 0 Å². The van der Waals surface area contributed by atoms with Crippen LogP contribution in [-0.2, 0) is 13.5 Å². The SMILES string of the molecule is Cc1c2c(nn1C)CCC(C)(C)C2=O. The summed E-state index contributed by atoms with van der Waals surface area (Å²) in [5.41, 5.74) is 2.64. The van der Waals surface area contributed by atoms with Crippen LogP contribution in [-0.4, -0.2) is 15.6 Å². The molecule has 0 fully saturated rings. The van der Waals surface area contributed by atoms with Gasteiger partial charge in [0, 0.05) is 18.2 Å². The summed E-state index contributed by atoms with van der Waals surface area (Å²) in [7, 11) is 1.90. The molecule has 0 saturated carbocycles. The van der Waals surface area contributed by atoms with Crippen LogP contribution in [0.4, 0.5) is 0 Å². The van der Waals surface area contributed by atoms with Crippen LogP contribution < -0.4 is 0 Å². The molecule has 3 heteroatoms. The van der Waals surface area contributed by atoms with Crippen LogP contribution in [0.5, 0.6) is 0 Å². The molecule has 2 rings (SSSR count). The molecule has 0 spiro atoms. The number of carbonyl (C=O) groups excluding carboxylic acids is 1. The van der Waals surface area contributed by atoms with Crippen LogP contribution in [0.3, 0.4) is 0 Å². The molecule has 0 N–H and O–H groups in total. The highest BCUT2D eigenvalue weighted by Gasteiger charge is 2.37. The van der Waals surface area contributed by atoms with E-state index in [1.54, 1.807) is 0 Å². The molecule has 0 saturated heterocycles. The maximum atomic E-state index is 12.1. The highest BCUT2D eigenvalue weighted by atomic mass is 16.1. The average Bonchev–Trinajstić information content (AvgIpc) is 2.38. The highest BCUT2D eigenvalue weighted by Crippen LogP contribution is 2.35. The van der Waals surface area contributed by atoms with Gasteiger partial charge in [-0.3, -0.25) is 9.48 Å². The summed E-state index contributed by atoms with van der Waals surface area (Å²) in [6.07, 6.45) is 1.84. The number of rotatable bonds is 0. The summed E-state index contributed by atoms with van der Waals surface area (Å²) in [5.74, 6) is 0.254. The van der Waals surface area contributed by atoms with Crippen LogP contribution in [0.15, 0.2) is 0 Å². The number of Topliss-reactive ketones (excluding diaryl/α,β-unsaturated/α-hetero) is 1. The molecule has 1 aromatic rings. The Labute approximate surface area is 84.1 Å². The molecule has 1 heterocycles. The van der Waals surface area contributed by atoms with Crippen molar-refractivity contribution in [2.75, 3.05) is 0 Å². The number of hydrogen-bond donors (Lipinski definition) is 0. The largest absolute Gasteiger partial charge is 0.293 e. The molecular formula is C11H16N2O. The zero-order valence-corrected chi connectivity index (χ0v) is 9.22. The van der Waals surface area contributed by atoms with Gasteiger partial charge in [-0.2, -0.15) is 5.10 Å². The molecule has 0 bridgehead atoms. The molecule has 0 aliphatic heterocycles. The number of ketones is 1. The van der Waals surface area contributed by atoms with E-state index in [9.17, 15) is 4.79 Å². The van der Waals surface area contributed by atoms with Gasteiger partial charge in [0.2, 0.25) is 0 Å². The summed E-state index contributed by atoms with van der Waals surface area (Å²) >= 11 is 0. The third kappa shape index (κ3) is 1.11. The summed E-state index contributed by atoms with van der Waals surface area (Å²) in [6, 6.07) is 0. The van der Waals surface area contributed by atoms with Crippen LogP contribution in [0.2, 0.25) is 0 Å². The van der Waals surface area contributed by atoms with Gasteiger partial charge in [0.25, 0.3) is 0 Å². The lowest BCUT2D eigenvalue weighted by molar-refractivity contribution is 0.0810. The quantitative estimate of drug-likeness (QED) is 0.629. The van der Waals surface area contributed by atoms with Crippen molar-refractivity contribution < 1.29 is 4.79 Å². The fourth-order valence-corrected chi connectivity index (χ4v) is 2.03. The van der Waals surface area contributed by atoms with Gasteiger partial charge < -0.3 is 0 Å². The number of aromatic nitrogens is 2. The molecule has 0 atom stereocenters. The van der Waals surface area contributed by atoms with Crippen molar-refractivity contribution >= 4 is 5.78 Å². The predicted molar refractivity (Wildman–Crippen MR) is 54.4 cm³/mol. The van der Waals surface area contributed by atoms with Crippen molar-refractivity contribution in [3.8, 4) is 0 Å². The zero-order chi connectivity index (χ0) is 10.5. The van der Waals surface area contributed by atoms with Crippen molar-refractivity contribution in [3.63, 3.8) is 0 Å². The van der Waals surface area contributed by atoms with E-state index in [0.29, 0.717) is 0 Å². The molecule has 1 aromatic heterocycles. The summed E-state index contributed by atoms with van der Waals surface area (Å²) in [5, 5.41) is 4.36. The first kappa shape index (κ1) is 9.44. The predicted octanol–water partition coefficient (Wildman–Crippen LogP) is 1.88. The van der Waals surface area contributed by atoms with Crippen molar-refractivity contribution in [2.24, 2.45) is 12.5 Å². The Hall–Kier alpha value is -1.12. The molecule has 76 valence electrons. The van der Waals surface area contributed by atoms with Crippen molar-refractivity contribution in [1.82, 2.24) is 9.78 Å². The van der Waals surface area contributed by atoms with Gasteiger partial charge in [-0.1, -0.05) is 13.8 Å². The van der Waals surface area contributed by atoms with Gasteiger partial charge in [0.15, 0.2) is 5.78 Å². The van der Waals surface area contributed by atoms with Crippen LogP contribution in [0.1, 0.15) is 42.0 Å². The minimum atomic E-state index is -0.208. The molecule has 0 unspecified atom stereocenters. The second kappa shape index (κ2) is 2.69. The highest BCUT2D eigenvalue weighted by molar-refractivity contribution is 6.02. The molecule has 14 heavy (non-hydrogen) atoms. The van der Waals surface area contributed by atoms with E-state index in [-0.39, 0.29) is 11.2 Å². The van der Waals surface area contributed by atoms with E-state index in [0.717, 1.165) is 29.8 Å². The number of aryl methyl sites for hydroxylation is 2. The Balaban J connectivity index is 2.60. The van der Waals surface area contributed by atoms with E-state index in [4.69, 9.17) is 0 Å². The Kier molecular flexibility index (Phi) is 1.81. The Bertz CT molecular complexity index is 402. The Morgan fingerprint density at radius 3 is 2.71 bits per heavy atom. The molecule has 3 nitrogen and oxygen atoms in total. The van der Waals surface area contributed by atoms with Gasteiger partial charge >= 0.3 is 0 Å². The standard InChI is InChI=1S/C11H16N2O/c1-7-9-8(12-13(7)4)5-6-11(2,3)10(9)14/h5-6H2,1-4H3. The molecule has 0 amide bonds. The fraction of sp³-hybridized carbons (Fsp3) is 0.636. The maximum absolute atomic E-state index is 12.1. The second-order valence-electron chi connectivity index (χ2n) is 4.74. The number of carbonyl (C=O) groups is 1. The summed E-state index contributed by atoms with van der Waals surface area (Å²) < 4.78 is 1.81. The van der Waals surface area contributed by atoms with Crippen LogP contribution in [0.25, 0.3) is 0 Å². The average molecular weight is 192 g/mol. The maximum Gasteiger partial charge on any atom is 0.172 e. The smallest absolute Gasteiger partial charge is 0.172 e. The summed E-state index contributed by atoms with van der Waals surface area (Å²) in [6.45, 7) is 6.00. The van der Waals surface area contributed by atoms with E-state index in [2.05, 4.69) is 5.10 Å². The van der Waals surface area contributed by atoms with E-state index in [1.165, 1.54) is 0 Å². The monoisotopic (exact) mass is 192 g/mol. The normalized spacial score (nSPS) is 19.6. The topological polar surface area (TPSA) is 34.9 Å². The molecule has 1 aliphatic carbocycles.